The van der Waals surface area contributed by atoms with Gasteiger partial charge in [-0.05, 0) is 49.4 Å². The normalized spacial score (nSPS) is 16.8. The van der Waals surface area contributed by atoms with Crippen LogP contribution in [0.3, 0.4) is 0 Å². The standard InChI is InChI=1S/C22H23N5O2/c28-21(13-5-6-13)25-17-9-15(11-23-12-17)14-7-8-19-18(10-14)20(27-26-19)22(29)24-16-3-1-2-4-16/h7-13,16H,1-6H2,(H,24,29)(H,25,28)(H,26,27). The molecule has 2 amide bonds. The van der Waals surface area contributed by atoms with Gasteiger partial charge in [0.1, 0.15) is 0 Å². The number of aromatic amines is 1. The Morgan fingerprint density at radius 1 is 1.00 bits per heavy atom. The van der Waals surface area contributed by atoms with Crippen molar-refractivity contribution >= 4 is 28.4 Å². The number of fused-ring (bicyclic) bond motifs is 1. The third-order valence-electron chi connectivity index (χ3n) is 5.76. The first kappa shape index (κ1) is 17.8. The number of anilines is 1. The quantitative estimate of drug-likeness (QED) is 0.620. The largest absolute Gasteiger partial charge is 0.348 e. The molecule has 3 N–H and O–H groups in total. The Labute approximate surface area is 168 Å². The second kappa shape index (κ2) is 7.31. The van der Waals surface area contributed by atoms with E-state index < -0.39 is 0 Å². The lowest BCUT2D eigenvalue weighted by Gasteiger charge is -2.10. The molecule has 0 bridgehead atoms. The molecular weight excluding hydrogens is 366 g/mol. The van der Waals surface area contributed by atoms with E-state index in [0.29, 0.717) is 11.4 Å². The molecule has 2 aliphatic rings. The summed E-state index contributed by atoms with van der Waals surface area (Å²) in [5.41, 5.74) is 3.72. The molecule has 0 spiro atoms. The summed E-state index contributed by atoms with van der Waals surface area (Å²) in [5.74, 6) is 0.0610. The Kier molecular flexibility index (Phi) is 4.50. The van der Waals surface area contributed by atoms with Gasteiger partial charge in [0.2, 0.25) is 5.91 Å². The number of rotatable bonds is 5. The highest BCUT2D eigenvalue weighted by Crippen LogP contribution is 2.31. The van der Waals surface area contributed by atoms with Crippen LogP contribution < -0.4 is 10.6 Å². The summed E-state index contributed by atoms with van der Waals surface area (Å²) in [6.45, 7) is 0. The van der Waals surface area contributed by atoms with Gasteiger partial charge >= 0.3 is 0 Å². The van der Waals surface area contributed by atoms with Crippen LogP contribution in [0.1, 0.15) is 49.0 Å². The summed E-state index contributed by atoms with van der Waals surface area (Å²) >= 11 is 0. The van der Waals surface area contributed by atoms with E-state index in [9.17, 15) is 9.59 Å². The molecule has 0 saturated heterocycles. The minimum Gasteiger partial charge on any atom is -0.348 e. The smallest absolute Gasteiger partial charge is 0.272 e. The van der Waals surface area contributed by atoms with E-state index in [0.717, 1.165) is 60.6 Å². The van der Waals surface area contributed by atoms with E-state index in [1.807, 2.05) is 24.3 Å². The average Bonchev–Trinajstić information content (AvgIpc) is 3.30. The molecule has 2 aromatic heterocycles. The van der Waals surface area contributed by atoms with E-state index in [2.05, 4.69) is 25.8 Å². The number of hydrogen-bond donors (Lipinski definition) is 3. The number of amides is 2. The maximum absolute atomic E-state index is 12.7. The van der Waals surface area contributed by atoms with Crippen LogP contribution in [0.4, 0.5) is 5.69 Å². The van der Waals surface area contributed by atoms with Crippen molar-refractivity contribution in [3.8, 4) is 11.1 Å². The summed E-state index contributed by atoms with van der Waals surface area (Å²) in [5, 5.41) is 14.0. The van der Waals surface area contributed by atoms with Gasteiger partial charge in [-0.2, -0.15) is 5.10 Å². The molecule has 0 unspecified atom stereocenters. The van der Waals surface area contributed by atoms with Crippen LogP contribution in [0.15, 0.2) is 36.7 Å². The molecule has 2 fully saturated rings. The molecule has 7 nitrogen and oxygen atoms in total. The van der Waals surface area contributed by atoms with Crippen LogP contribution in [0.25, 0.3) is 22.0 Å². The van der Waals surface area contributed by atoms with Crippen LogP contribution in [-0.2, 0) is 4.79 Å². The summed E-state index contributed by atoms with van der Waals surface area (Å²) in [7, 11) is 0. The monoisotopic (exact) mass is 389 g/mol. The van der Waals surface area contributed by atoms with Crippen molar-refractivity contribution in [3.05, 3.63) is 42.4 Å². The van der Waals surface area contributed by atoms with Gasteiger partial charge in [0, 0.05) is 29.1 Å². The Bertz CT molecular complexity index is 1080. The fourth-order valence-corrected chi connectivity index (χ4v) is 3.95. The van der Waals surface area contributed by atoms with Gasteiger partial charge in [-0.1, -0.05) is 18.9 Å². The number of H-pyrrole nitrogens is 1. The zero-order valence-corrected chi connectivity index (χ0v) is 16.1. The second-order valence-corrected chi connectivity index (χ2v) is 8.01. The number of carbonyl (C=O) groups excluding carboxylic acids is 2. The zero-order valence-electron chi connectivity index (χ0n) is 16.1. The Balaban J connectivity index is 1.42. The number of hydrogen-bond acceptors (Lipinski definition) is 4. The Hall–Kier alpha value is -3.22. The molecule has 29 heavy (non-hydrogen) atoms. The lowest BCUT2D eigenvalue weighted by atomic mass is 10.0. The van der Waals surface area contributed by atoms with E-state index in [4.69, 9.17) is 0 Å². The molecular formula is C22H23N5O2. The molecule has 0 aliphatic heterocycles. The molecule has 1 aromatic carbocycles. The van der Waals surface area contributed by atoms with Crippen LogP contribution in [0, 0.1) is 5.92 Å². The van der Waals surface area contributed by atoms with Crippen molar-refractivity contribution in [2.45, 2.75) is 44.6 Å². The number of pyridine rings is 1. The summed E-state index contributed by atoms with van der Waals surface area (Å²) in [4.78, 5) is 29.0. The SMILES string of the molecule is O=C(NC1CCCC1)c1n[nH]c2ccc(-c3cncc(NC(=O)C4CC4)c3)cc12. The van der Waals surface area contributed by atoms with Crippen LogP contribution in [-0.4, -0.2) is 33.0 Å². The minimum atomic E-state index is -0.135. The van der Waals surface area contributed by atoms with Crippen LogP contribution >= 0.6 is 0 Å². The van der Waals surface area contributed by atoms with Crippen molar-refractivity contribution in [2.24, 2.45) is 5.92 Å². The minimum absolute atomic E-state index is 0.0557. The molecule has 148 valence electrons. The number of benzene rings is 1. The van der Waals surface area contributed by atoms with E-state index >= 15 is 0 Å². The third kappa shape index (κ3) is 3.72. The van der Waals surface area contributed by atoms with Crippen molar-refractivity contribution in [1.82, 2.24) is 20.5 Å². The van der Waals surface area contributed by atoms with E-state index in [1.54, 1.807) is 12.4 Å². The van der Waals surface area contributed by atoms with Crippen molar-refractivity contribution in [1.29, 1.82) is 0 Å². The first-order chi connectivity index (χ1) is 14.2. The number of carbonyl (C=O) groups is 2. The van der Waals surface area contributed by atoms with Crippen molar-refractivity contribution in [3.63, 3.8) is 0 Å². The highest BCUT2D eigenvalue weighted by molar-refractivity contribution is 6.05. The lowest BCUT2D eigenvalue weighted by Crippen LogP contribution is -2.32. The predicted octanol–water partition coefficient (Wildman–Crippen LogP) is 3.65. The number of aromatic nitrogens is 3. The first-order valence-corrected chi connectivity index (χ1v) is 10.2. The molecule has 7 heteroatoms. The fraction of sp³-hybridized carbons (Fsp3) is 0.364. The van der Waals surface area contributed by atoms with Crippen LogP contribution in [0.5, 0.6) is 0 Å². The number of nitrogens with zero attached hydrogens (tertiary/aromatic N) is 2. The fourth-order valence-electron chi connectivity index (χ4n) is 3.95. The highest BCUT2D eigenvalue weighted by atomic mass is 16.2. The molecule has 5 rings (SSSR count). The maximum atomic E-state index is 12.7. The number of nitrogens with one attached hydrogen (secondary N) is 3. The summed E-state index contributed by atoms with van der Waals surface area (Å²) in [6.07, 6.45) is 9.72. The molecule has 3 aromatic rings. The topological polar surface area (TPSA) is 99.8 Å². The van der Waals surface area contributed by atoms with Gasteiger partial charge in [-0.15, -0.1) is 0 Å². The third-order valence-corrected chi connectivity index (χ3v) is 5.76. The molecule has 2 saturated carbocycles. The summed E-state index contributed by atoms with van der Waals surface area (Å²) < 4.78 is 0. The van der Waals surface area contributed by atoms with Gasteiger partial charge in [0.05, 0.1) is 17.4 Å². The maximum Gasteiger partial charge on any atom is 0.272 e. The molecule has 0 radical (unpaired) electrons. The molecule has 2 heterocycles. The van der Waals surface area contributed by atoms with Gasteiger partial charge in [0.15, 0.2) is 5.69 Å². The van der Waals surface area contributed by atoms with E-state index in [-0.39, 0.29) is 23.8 Å². The van der Waals surface area contributed by atoms with Gasteiger partial charge in [-0.25, -0.2) is 0 Å². The molecule has 0 atom stereocenters. The van der Waals surface area contributed by atoms with Gasteiger partial charge < -0.3 is 10.6 Å². The lowest BCUT2D eigenvalue weighted by molar-refractivity contribution is -0.117. The Morgan fingerprint density at radius 3 is 2.62 bits per heavy atom. The predicted molar refractivity (Wildman–Crippen MR) is 110 cm³/mol. The second-order valence-electron chi connectivity index (χ2n) is 8.01. The van der Waals surface area contributed by atoms with Crippen molar-refractivity contribution < 1.29 is 9.59 Å². The van der Waals surface area contributed by atoms with Crippen LogP contribution in [0.2, 0.25) is 0 Å². The summed E-state index contributed by atoms with van der Waals surface area (Å²) in [6, 6.07) is 7.98. The van der Waals surface area contributed by atoms with Gasteiger partial charge in [-0.3, -0.25) is 19.7 Å². The molecule has 2 aliphatic carbocycles. The first-order valence-electron chi connectivity index (χ1n) is 10.2. The van der Waals surface area contributed by atoms with Gasteiger partial charge in [0.25, 0.3) is 5.91 Å². The van der Waals surface area contributed by atoms with E-state index in [1.165, 1.54) is 0 Å². The Morgan fingerprint density at radius 2 is 1.83 bits per heavy atom. The zero-order chi connectivity index (χ0) is 19.8. The average molecular weight is 389 g/mol. The highest BCUT2D eigenvalue weighted by Gasteiger charge is 2.29. The van der Waals surface area contributed by atoms with Crippen molar-refractivity contribution in [2.75, 3.05) is 5.32 Å².